The third-order valence-corrected chi connectivity index (χ3v) is 5.37. The van der Waals surface area contributed by atoms with Gasteiger partial charge in [-0.3, -0.25) is 4.79 Å². The van der Waals surface area contributed by atoms with Gasteiger partial charge in [-0.1, -0.05) is 12.1 Å². The summed E-state index contributed by atoms with van der Waals surface area (Å²) in [4.78, 5) is 17.5. The molecule has 0 unspecified atom stereocenters. The minimum Gasteiger partial charge on any atom is -0.495 e. The molecule has 8 nitrogen and oxygen atoms in total. The number of nitrogens with one attached hydrogen (secondary N) is 2. The van der Waals surface area contributed by atoms with Gasteiger partial charge in [-0.05, 0) is 42.9 Å². The van der Waals surface area contributed by atoms with Gasteiger partial charge < -0.3 is 34.5 Å². The monoisotopic (exact) mass is 457 g/mol. The number of hydrogen-bond acceptors (Lipinski definition) is 6. The zero-order valence-electron chi connectivity index (χ0n) is 18.3. The summed E-state index contributed by atoms with van der Waals surface area (Å²) in [5.41, 5.74) is 1.68. The highest BCUT2D eigenvalue weighted by Crippen LogP contribution is 2.31. The van der Waals surface area contributed by atoms with Gasteiger partial charge in [0.25, 0.3) is 5.56 Å². The van der Waals surface area contributed by atoms with Crippen LogP contribution in [0.1, 0.15) is 12.0 Å². The number of fused-ring (bicyclic) bond motifs is 1. The van der Waals surface area contributed by atoms with Gasteiger partial charge in [0, 0.05) is 30.2 Å². The van der Waals surface area contributed by atoms with Gasteiger partial charge in [-0.25, -0.2) is 0 Å². The van der Waals surface area contributed by atoms with Gasteiger partial charge in [0.05, 0.1) is 39.1 Å². The molecule has 0 radical (unpaired) electrons. The highest BCUT2D eigenvalue weighted by molar-refractivity contribution is 7.80. The van der Waals surface area contributed by atoms with E-state index < -0.39 is 0 Å². The van der Waals surface area contributed by atoms with Crippen LogP contribution in [0.5, 0.6) is 17.2 Å². The van der Waals surface area contributed by atoms with Crippen molar-refractivity contribution in [2.24, 2.45) is 0 Å². The van der Waals surface area contributed by atoms with Crippen molar-refractivity contribution in [3.05, 3.63) is 58.4 Å². The number of pyridine rings is 1. The van der Waals surface area contributed by atoms with Crippen molar-refractivity contribution in [3.63, 3.8) is 0 Å². The van der Waals surface area contributed by atoms with Crippen LogP contribution >= 0.6 is 12.2 Å². The number of ether oxygens (including phenoxy) is 3. The molecule has 0 aliphatic heterocycles. The second-order valence-electron chi connectivity index (χ2n) is 7.05. The standard InChI is InChI=1S/C23H27N3O5S/c1-29-19-8-5-4-7-17(19)25-23(32)26(9-6-10-27)14-16-11-15-12-20(30-2)21(31-3)13-18(15)24-22(16)28/h4-5,7-8,11-13,27H,6,9-10,14H2,1-3H3,(H,24,28)(H,25,32). The number of hydrogen-bond donors (Lipinski definition) is 3. The highest BCUT2D eigenvalue weighted by atomic mass is 32.1. The summed E-state index contributed by atoms with van der Waals surface area (Å²) in [6.45, 7) is 0.750. The molecule has 0 aliphatic rings. The lowest BCUT2D eigenvalue weighted by Gasteiger charge is -2.26. The molecule has 32 heavy (non-hydrogen) atoms. The number of methoxy groups -OCH3 is 3. The van der Waals surface area contributed by atoms with Crippen LogP contribution in [0.4, 0.5) is 5.69 Å². The van der Waals surface area contributed by atoms with E-state index in [-0.39, 0.29) is 18.7 Å². The molecule has 0 bridgehead atoms. The first-order chi connectivity index (χ1) is 15.5. The Bertz CT molecular complexity index is 1150. The van der Waals surface area contributed by atoms with Gasteiger partial charge in [0.15, 0.2) is 16.6 Å². The number of benzene rings is 2. The SMILES string of the molecule is COc1ccccc1NC(=S)N(CCCO)Cc1cc2cc(OC)c(OC)cc2[nH]c1=O. The first-order valence-electron chi connectivity index (χ1n) is 10.1. The van der Waals surface area contributed by atoms with Crippen molar-refractivity contribution in [2.75, 3.05) is 39.8 Å². The quantitative estimate of drug-likeness (QED) is 0.422. The van der Waals surface area contributed by atoms with Crippen molar-refractivity contribution in [1.29, 1.82) is 0 Å². The molecule has 170 valence electrons. The summed E-state index contributed by atoms with van der Waals surface area (Å²) < 4.78 is 16.1. The molecule has 1 heterocycles. The number of aromatic amines is 1. The average molecular weight is 458 g/mol. The molecule has 0 fully saturated rings. The maximum Gasteiger partial charge on any atom is 0.253 e. The predicted molar refractivity (Wildman–Crippen MR) is 129 cm³/mol. The van der Waals surface area contributed by atoms with Gasteiger partial charge in [0.1, 0.15) is 5.75 Å². The summed E-state index contributed by atoms with van der Waals surface area (Å²) in [5.74, 6) is 1.76. The van der Waals surface area contributed by atoms with E-state index in [1.165, 1.54) is 0 Å². The number of anilines is 1. The van der Waals surface area contributed by atoms with Gasteiger partial charge >= 0.3 is 0 Å². The van der Waals surface area contributed by atoms with Crippen LogP contribution in [0, 0.1) is 0 Å². The van der Waals surface area contributed by atoms with Gasteiger partial charge in [-0.15, -0.1) is 0 Å². The van der Waals surface area contributed by atoms with Gasteiger partial charge in [0.2, 0.25) is 0 Å². The molecular formula is C23H27N3O5S. The number of aliphatic hydroxyl groups is 1. The molecule has 0 amide bonds. The van der Waals surface area contributed by atoms with E-state index in [1.807, 2.05) is 41.3 Å². The fraction of sp³-hybridized carbons (Fsp3) is 0.304. The lowest BCUT2D eigenvalue weighted by Crippen LogP contribution is -2.37. The average Bonchev–Trinajstić information content (AvgIpc) is 2.81. The third kappa shape index (κ3) is 5.30. The number of thiocarbonyl (C=S) groups is 1. The molecule has 3 N–H and O–H groups in total. The van der Waals surface area contributed by atoms with E-state index in [2.05, 4.69) is 10.3 Å². The molecule has 9 heteroatoms. The fourth-order valence-electron chi connectivity index (χ4n) is 3.36. The maximum atomic E-state index is 12.8. The van der Waals surface area contributed by atoms with Crippen LogP contribution in [0.25, 0.3) is 10.9 Å². The summed E-state index contributed by atoms with van der Waals surface area (Å²) in [6, 6.07) is 12.8. The Morgan fingerprint density at radius 3 is 2.44 bits per heavy atom. The van der Waals surface area contributed by atoms with E-state index in [0.717, 1.165) is 11.1 Å². The number of aliphatic hydroxyl groups excluding tert-OH is 1. The molecule has 0 aliphatic carbocycles. The van der Waals surface area contributed by atoms with E-state index in [4.69, 9.17) is 26.4 Å². The Balaban J connectivity index is 1.91. The normalized spacial score (nSPS) is 10.6. The van der Waals surface area contributed by atoms with Gasteiger partial charge in [-0.2, -0.15) is 0 Å². The second kappa shape index (κ2) is 10.8. The summed E-state index contributed by atoms with van der Waals surface area (Å²) in [6.07, 6.45) is 0.504. The first-order valence-corrected chi connectivity index (χ1v) is 10.5. The van der Waals surface area contributed by atoms with Crippen molar-refractivity contribution in [3.8, 4) is 17.2 Å². The number of nitrogens with zero attached hydrogens (tertiary/aromatic N) is 1. The smallest absolute Gasteiger partial charge is 0.253 e. The van der Waals surface area contributed by atoms with Crippen molar-refractivity contribution in [1.82, 2.24) is 9.88 Å². The Kier molecular flexibility index (Phi) is 7.91. The first kappa shape index (κ1) is 23.4. The molecule has 3 rings (SSSR count). The topological polar surface area (TPSA) is 96.1 Å². The number of rotatable bonds is 9. The largest absolute Gasteiger partial charge is 0.495 e. The molecule has 2 aromatic carbocycles. The van der Waals surface area contributed by atoms with Crippen molar-refractivity contribution >= 4 is 33.9 Å². The molecular weight excluding hydrogens is 430 g/mol. The zero-order chi connectivity index (χ0) is 23.1. The molecule has 0 atom stereocenters. The molecule has 0 saturated heterocycles. The predicted octanol–water partition coefficient (Wildman–Crippen LogP) is 3.14. The third-order valence-electron chi connectivity index (χ3n) is 5.01. The van der Waals surface area contributed by atoms with E-state index in [1.54, 1.807) is 27.4 Å². The molecule has 3 aromatic rings. The minimum atomic E-state index is -0.223. The van der Waals surface area contributed by atoms with Crippen molar-refractivity contribution in [2.45, 2.75) is 13.0 Å². The maximum absolute atomic E-state index is 12.8. The van der Waals surface area contributed by atoms with E-state index >= 15 is 0 Å². The summed E-state index contributed by atoms with van der Waals surface area (Å²) in [5, 5.41) is 13.8. The van der Waals surface area contributed by atoms with Crippen LogP contribution < -0.4 is 25.1 Å². The Morgan fingerprint density at radius 2 is 1.75 bits per heavy atom. The highest BCUT2D eigenvalue weighted by Gasteiger charge is 2.16. The Morgan fingerprint density at radius 1 is 1.06 bits per heavy atom. The van der Waals surface area contributed by atoms with Crippen LogP contribution in [-0.4, -0.2) is 54.6 Å². The minimum absolute atomic E-state index is 0.0127. The van der Waals surface area contributed by atoms with Crippen LogP contribution in [0.2, 0.25) is 0 Å². The Labute approximate surface area is 191 Å². The molecule has 0 spiro atoms. The van der Waals surface area contributed by atoms with Crippen LogP contribution in [0.15, 0.2) is 47.3 Å². The second-order valence-corrected chi connectivity index (χ2v) is 7.43. The van der Waals surface area contributed by atoms with Crippen molar-refractivity contribution < 1.29 is 19.3 Å². The van der Waals surface area contributed by atoms with Crippen LogP contribution in [-0.2, 0) is 6.54 Å². The lowest BCUT2D eigenvalue weighted by atomic mass is 10.1. The van der Waals surface area contributed by atoms with E-state index in [0.29, 0.717) is 46.4 Å². The van der Waals surface area contributed by atoms with E-state index in [9.17, 15) is 9.90 Å². The molecule has 0 saturated carbocycles. The molecule has 1 aromatic heterocycles. The summed E-state index contributed by atoms with van der Waals surface area (Å²) >= 11 is 5.62. The Hall–Kier alpha value is -3.30. The van der Waals surface area contributed by atoms with Crippen LogP contribution in [0.3, 0.4) is 0 Å². The number of H-pyrrole nitrogens is 1. The number of para-hydroxylation sites is 2. The zero-order valence-corrected chi connectivity index (χ0v) is 19.1. The fourth-order valence-corrected chi connectivity index (χ4v) is 3.62. The number of aromatic nitrogens is 1. The summed E-state index contributed by atoms with van der Waals surface area (Å²) in [7, 11) is 4.70. The lowest BCUT2D eigenvalue weighted by molar-refractivity contribution is 0.265.